The predicted molar refractivity (Wildman–Crippen MR) is 70.4 cm³/mol. The molecule has 3 aromatic heterocycles. The fourth-order valence-electron chi connectivity index (χ4n) is 1.79. The molecule has 0 aliphatic carbocycles. The summed E-state index contributed by atoms with van der Waals surface area (Å²) < 4.78 is 5.88. The van der Waals surface area contributed by atoms with Gasteiger partial charge in [-0.1, -0.05) is 18.3 Å². The van der Waals surface area contributed by atoms with Crippen LogP contribution in [0.1, 0.15) is 25.5 Å². The fourth-order valence-corrected chi connectivity index (χ4v) is 2.59. The molecular weight excluding hydrogens is 248 g/mol. The van der Waals surface area contributed by atoms with Crippen LogP contribution in [0.2, 0.25) is 0 Å². The average molecular weight is 260 g/mol. The molecule has 6 nitrogen and oxygen atoms in total. The Labute approximate surface area is 108 Å². The Morgan fingerprint density at radius 3 is 2.83 bits per heavy atom. The molecule has 0 aromatic carbocycles. The summed E-state index contributed by atoms with van der Waals surface area (Å²) in [6, 6.07) is 3.65. The predicted octanol–water partition coefficient (Wildman–Crippen LogP) is 1.95. The normalized spacial score (nSPS) is 11.5. The van der Waals surface area contributed by atoms with Crippen LogP contribution < -0.4 is 5.73 Å². The van der Waals surface area contributed by atoms with E-state index in [1.807, 2.05) is 22.7 Å². The van der Waals surface area contributed by atoms with E-state index in [2.05, 4.69) is 33.6 Å². The molecule has 0 bridgehead atoms. The van der Waals surface area contributed by atoms with Crippen LogP contribution in [0.15, 0.2) is 18.3 Å². The lowest BCUT2D eigenvalue weighted by atomic mass is 10.1. The van der Waals surface area contributed by atoms with Crippen molar-refractivity contribution in [3.8, 4) is 10.7 Å². The number of hydrogen-bond acceptors (Lipinski definition) is 6. The highest BCUT2D eigenvalue weighted by atomic mass is 32.1. The minimum atomic E-state index is 0.298. The summed E-state index contributed by atoms with van der Waals surface area (Å²) >= 11 is 1.33. The highest BCUT2D eigenvalue weighted by molar-refractivity contribution is 7.09. The second-order valence-electron chi connectivity index (χ2n) is 4.36. The standard InChI is InChI=1S/C11H12N6S/c1-6(2)9-10(18-16-14-9)11-15-13-8-4-3-7(12)5-17(8)11/h3-6H,12H2,1-2H3. The van der Waals surface area contributed by atoms with Crippen molar-refractivity contribution in [3.05, 3.63) is 24.0 Å². The molecule has 92 valence electrons. The molecule has 3 heterocycles. The number of nitrogens with zero attached hydrogens (tertiary/aromatic N) is 5. The Kier molecular flexibility index (Phi) is 2.48. The summed E-state index contributed by atoms with van der Waals surface area (Å²) in [5.41, 5.74) is 8.18. The van der Waals surface area contributed by atoms with Gasteiger partial charge in [-0.15, -0.1) is 15.3 Å². The van der Waals surface area contributed by atoms with Gasteiger partial charge in [0.1, 0.15) is 4.88 Å². The average Bonchev–Trinajstić information content (AvgIpc) is 2.92. The zero-order chi connectivity index (χ0) is 12.7. The maximum atomic E-state index is 5.80. The molecule has 3 aromatic rings. The van der Waals surface area contributed by atoms with Gasteiger partial charge in [0.25, 0.3) is 0 Å². The third kappa shape index (κ3) is 1.63. The Morgan fingerprint density at radius 1 is 1.22 bits per heavy atom. The maximum Gasteiger partial charge on any atom is 0.182 e. The number of nitrogens with two attached hydrogens (primary N) is 1. The van der Waals surface area contributed by atoms with E-state index in [0.717, 1.165) is 22.0 Å². The van der Waals surface area contributed by atoms with E-state index >= 15 is 0 Å². The minimum Gasteiger partial charge on any atom is -0.398 e. The molecule has 0 spiro atoms. The van der Waals surface area contributed by atoms with Crippen molar-refractivity contribution in [2.75, 3.05) is 5.73 Å². The summed E-state index contributed by atoms with van der Waals surface area (Å²) in [4.78, 5) is 0.947. The second kappa shape index (κ2) is 4.02. The molecule has 18 heavy (non-hydrogen) atoms. The van der Waals surface area contributed by atoms with Gasteiger partial charge in [0, 0.05) is 11.9 Å². The van der Waals surface area contributed by atoms with Crippen LogP contribution in [0.25, 0.3) is 16.3 Å². The molecule has 0 saturated heterocycles. The maximum absolute atomic E-state index is 5.80. The first-order valence-electron chi connectivity index (χ1n) is 5.59. The van der Waals surface area contributed by atoms with Gasteiger partial charge in [-0.2, -0.15) is 0 Å². The van der Waals surface area contributed by atoms with Crippen molar-refractivity contribution in [3.63, 3.8) is 0 Å². The number of fused-ring (bicyclic) bond motifs is 1. The van der Waals surface area contributed by atoms with Crippen molar-refractivity contribution in [1.82, 2.24) is 24.2 Å². The zero-order valence-electron chi connectivity index (χ0n) is 10.0. The molecule has 3 rings (SSSR count). The number of hydrogen-bond donors (Lipinski definition) is 1. The number of nitrogen functional groups attached to an aromatic ring is 1. The summed E-state index contributed by atoms with van der Waals surface area (Å²) in [7, 11) is 0. The van der Waals surface area contributed by atoms with Crippen LogP contribution in [0.5, 0.6) is 0 Å². The largest absolute Gasteiger partial charge is 0.398 e. The van der Waals surface area contributed by atoms with Crippen molar-refractivity contribution in [2.45, 2.75) is 19.8 Å². The first-order chi connectivity index (χ1) is 8.66. The van der Waals surface area contributed by atoms with Crippen LogP contribution in [-0.4, -0.2) is 24.2 Å². The van der Waals surface area contributed by atoms with E-state index in [1.165, 1.54) is 11.5 Å². The first kappa shape index (κ1) is 11.1. The molecule has 7 heteroatoms. The van der Waals surface area contributed by atoms with Gasteiger partial charge in [-0.05, 0) is 29.6 Å². The van der Waals surface area contributed by atoms with Crippen molar-refractivity contribution < 1.29 is 0 Å². The molecule has 0 fully saturated rings. The van der Waals surface area contributed by atoms with E-state index in [-0.39, 0.29) is 0 Å². The number of anilines is 1. The lowest BCUT2D eigenvalue weighted by Crippen LogP contribution is -1.95. The van der Waals surface area contributed by atoms with E-state index in [4.69, 9.17) is 5.73 Å². The highest BCUT2D eigenvalue weighted by Crippen LogP contribution is 2.29. The van der Waals surface area contributed by atoms with Gasteiger partial charge in [0.05, 0.1) is 5.69 Å². The third-order valence-corrected chi connectivity index (χ3v) is 3.43. The molecule has 0 unspecified atom stereocenters. The van der Waals surface area contributed by atoms with E-state index < -0.39 is 0 Å². The molecular formula is C11H12N6S. The zero-order valence-corrected chi connectivity index (χ0v) is 10.8. The Hall–Kier alpha value is -2.02. The third-order valence-electron chi connectivity index (χ3n) is 2.69. The van der Waals surface area contributed by atoms with Crippen LogP contribution in [0.4, 0.5) is 5.69 Å². The SMILES string of the molecule is CC(C)c1nnsc1-c1nnc2ccc(N)cn12. The van der Waals surface area contributed by atoms with Crippen LogP contribution in [0, 0.1) is 0 Å². The van der Waals surface area contributed by atoms with Gasteiger partial charge < -0.3 is 5.73 Å². The van der Waals surface area contributed by atoms with Gasteiger partial charge in [-0.25, -0.2) is 0 Å². The van der Waals surface area contributed by atoms with Crippen molar-refractivity contribution >= 4 is 22.9 Å². The Morgan fingerprint density at radius 2 is 2.06 bits per heavy atom. The molecule has 0 amide bonds. The highest BCUT2D eigenvalue weighted by Gasteiger charge is 2.18. The van der Waals surface area contributed by atoms with Gasteiger partial charge >= 0.3 is 0 Å². The number of pyridine rings is 1. The van der Waals surface area contributed by atoms with Crippen LogP contribution in [-0.2, 0) is 0 Å². The Balaban J connectivity index is 2.25. The monoisotopic (exact) mass is 260 g/mol. The molecule has 0 aliphatic rings. The molecule has 0 saturated carbocycles. The van der Waals surface area contributed by atoms with E-state index in [9.17, 15) is 0 Å². The quantitative estimate of drug-likeness (QED) is 0.761. The van der Waals surface area contributed by atoms with E-state index in [0.29, 0.717) is 11.6 Å². The first-order valence-corrected chi connectivity index (χ1v) is 6.37. The van der Waals surface area contributed by atoms with Gasteiger partial charge in [0.2, 0.25) is 0 Å². The van der Waals surface area contributed by atoms with Crippen molar-refractivity contribution in [1.29, 1.82) is 0 Å². The van der Waals surface area contributed by atoms with Gasteiger partial charge in [0.15, 0.2) is 11.5 Å². The summed E-state index contributed by atoms with van der Waals surface area (Å²) in [6.07, 6.45) is 1.81. The summed E-state index contributed by atoms with van der Waals surface area (Å²) in [5, 5.41) is 12.5. The van der Waals surface area contributed by atoms with Crippen LogP contribution >= 0.6 is 11.5 Å². The topological polar surface area (TPSA) is 82.0 Å². The summed E-state index contributed by atoms with van der Waals surface area (Å²) in [5.74, 6) is 1.04. The molecule has 0 aliphatic heterocycles. The summed E-state index contributed by atoms with van der Waals surface area (Å²) in [6.45, 7) is 4.16. The van der Waals surface area contributed by atoms with Crippen molar-refractivity contribution in [2.24, 2.45) is 0 Å². The fraction of sp³-hybridized carbons (Fsp3) is 0.273. The van der Waals surface area contributed by atoms with Crippen LogP contribution in [0.3, 0.4) is 0 Å². The smallest absolute Gasteiger partial charge is 0.182 e. The number of rotatable bonds is 2. The Bertz CT molecular complexity index is 698. The van der Waals surface area contributed by atoms with Gasteiger partial charge in [-0.3, -0.25) is 4.40 Å². The second-order valence-corrected chi connectivity index (χ2v) is 5.11. The minimum absolute atomic E-state index is 0.298. The molecule has 0 radical (unpaired) electrons. The lowest BCUT2D eigenvalue weighted by Gasteiger charge is -2.03. The lowest BCUT2D eigenvalue weighted by molar-refractivity contribution is 0.812. The molecule has 2 N–H and O–H groups in total. The molecule has 0 atom stereocenters. The number of aromatic nitrogens is 5. The van der Waals surface area contributed by atoms with E-state index in [1.54, 1.807) is 0 Å².